The second kappa shape index (κ2) is 2.87. The van der Waals surface area contributed by atoms with Crippen LogP contribution in [0.4, 0.5) is 4.39 Å². The SMILES string of the molecule is FC1(Cc2ccccc2)COC1. The molecule has 1 aliphatic rings. The molecule has 0 unspecified atom stereocenters. The van der Waals surface area contributed by atoms with Crippen molar-refractivity contribution in [2.75, 3.05) is 13.2 Å². The molecule has 1 saturated heterocycles. The largest absolute Gasteiger partial charge is 0.375 e. The van der Waals surface area contributed by atoms with E-state index in [-0.39, 0.29) is 13.2 Å². The highest BCUT2D eigenvalue weighted by molar-refractivity contribution is 5.17. The van der Waals surface area contributed by atoms with Gasteiger partial charge in [-0.25, -0.2) is 4.39 Å². The second-order valence-electron chi connectivity index (χ2n) is 3.31. The summed E-state index contributed by atoms with van der Waals surface area (Å²) < 4.78 is 18.3. The third kappa shape index (κ3) is 1.48. The maximum Gasteiger partial charge on any atom is 0.161 e. The van der Waals surface area contributed by atoms with Crippen molar-refractivity contribution in [3.63, 3.8) is 0 Å². The van der Waals surface area contributed by atoms with Gasteiger partial charge >= 0.3 is 0 Å². The summed E-state index contributed by atoms with van der Waals surface area (Å²) in [5.74, 6) is 0. The molecule has 64 valence electrons. The Labute approximate surface area is 71.2 Å². The van der Waals surface area contributed by atoms with E-state index in [0.717, 1.165) is 5.56 Å². The lowest BCUT2D eigenvalue weighted by atomic mass is 9.95. The highest BCUT2D eigenvalue weighted by atomic mass is 19.1. The van der Waals surface area contributed by atoms with E-state index < -0.39 is 5.67 Å². The molecule has 0 bridgehead atoms. The molecule has 1 nitrogen and oxygen atoms in total. The molecular weight excluding hydrogens is 155 g/mol. The van der Waals surface area contributed by atoms with Crippen LogP contribution in [0, 0.1) is 0 Å². The van der Waals surface area contributed by atoms with Crippen LogP contribution in [0.5, 0.6) is 0 Å². The Bertz CT molecular complexity index is 254. The van der Waals surface area contributed by atoms with Crippen molar-refractivity contribution in [3.8, 4) is 0 Å². The van der Waals surface area contributed by atoms with Gasteiger partial charge in [0.05, 0.1) is 13.2 Å². The molecule has 0 atom stereocenters. The fraction of sp³-hybridized carbons (Fsp3) is 0.400. The number of rotatable bonds is 2. The van der Waals surface area contributed by atoms with Gasteiger partial charge in [0.25, 0.3) is 0 Å². The summed E-state index contributed by atoms with van der Waals surface area (Å²) in [6.45, 7) is 0.504. The molecule has 0 radical (unpaired) electrons. The van der Waals surface area contributed by atoms with Crippen molar-refractivity contribution in [2.24, 2.45) is 0 Å². The molecule has 1 heterocycles. The van der Waals surface area contributed by atoms with Gasteiger partial charge in [0.2, 0.25) is 0 Å². The van der Waals surface area contributed by atoms with Crippen LogP contribution >= 0.6 is 0 Å². The summed E-state index contributed by atoms with van der Waals surface area (Å²) >= 11 is 0. The molecule has 0 aromatic heterocycles. The zero-order valence-electron chi connectivity index (χ0n) is 6.79. The molecule has 0 amide bonds. The van der Waals surface area contributed by atoms with E-state index in [1.807, 2.05) is 30.3 Å². The molecule has 1 aromatic carbocycles. The lowest BCUT2D eigenvalue weighted by Gasteiger charge is -2.33. The molecule has 12 heavy (non-hydrogen) atoms. The van der Waals surface area contributed by atoms with Crippen molar-refractivity contribution in [3.05, 3.63) is 35.9 Å². The van der Waals surface area contributed by atoms with Gasteiger partial charge in [-0.3, -0.25) is 0 Å². The predicted molar refractivity (Wildman–Crippen MR) is 44.8 cm³/mol. The third-order valence-electron chi connectivity index (χ3n) is 2.09. The summed E-state index contributed by atoms with van der Waals surface area (Å²) in [6, 6.07) is 9.68. The van der Waals surface area contributed by atoms with E-state index >= 15 is 0 Å². The third-order valence-corrected chi connectivity index (χ3v) is 2.09. The van der Waals surface area contributed by atoms with Crippen molar-refractivity contribution >= 4 is 0 Å². The van der Waals surface area contributed by atoms with Gasteiger partial charge < -0.3 is 4.74 Å². The number of hydrogen-bond donors (Lipinski definition) is 0. The minimum atomic E-state index is -1.10. The Morgan fingerprint density at radius 2 is 1.92 bits per heavy atom. The molecule has 0 aliphatic carbocycles. The van der Waals surface area contributed by atoms with Crippen LogP contribution in [0.1, 0.15) is 5.56 Å². The van der Waals surface area contributed by atoms with Gasteiger partial charge in [-0.15, -0.1) is 0 Å². The molecule has 1 aromatic rings. The Balaban J connectivity index is 2.04. The fourth-order valence-corrected chi connectivity index (χ4v) is 1.39. The molecule has 1 aliphatic heterocycles. The highest BCUT2D eigenvalue weighted by Crippen LogP contribution is 2.26. The zero-order chi connectivity index (χ0) is 8.44. The average Bonchev–Trinajstić information content (AvgIpc) is 2.04. The van der Waals surface area contributed by atoms with Crippen LogP contribution in [0.3, 0.4) is 0 Å². The first-order valence-corrected chi connectivity index (χ1v) is 4.09. The van der Waals surface area contributed by atoms with Crippen LogP contribution in [0.15, 0.2) is 30.3 Å². The Morgan fingerprint density at radius 1 is 1.25 bits per heavy atom. The molecule has 1 fully saturated rings. The van der Waals surface area contributed by atoms with Crippen molar-refractivity contribution in [1.82, 2.24) is 0 Å². The molecule has 0 spiro atoms. The van der Waals surface area contributed by atoms with Crippen LogP contribution in [0.25, 0.3) is 0 Å². The van der Waals surface area contributed by atoms with E-state index in [2.05, 4.69) is 0 Å². The van der Waals surface area contributed by atoms with Gasteiger partial charge in [-0.1, -0.05) is 30.3 Å². The monoisotopic (exact) mass is 166 g/mol. The van der Waals surface area contributed by atoms with E-state index in [1.165, 1.54) is 0 Å². The van der Waals surface area contributed by atoms with Crippen LogP contribution in [-0.2, 0) is 11.2 Å². The average molecular weight is 166 g/mol. The predicted octanol–water partition coefficient (Wildman–Crippen LogP) is 1.97. The first-order valence-electron chi connectivity index (χ1n) is 4.09. The standard InChI is InChI=1S/C10H11FO/c11-10(7-12-8-10)6-9-4-2-1-3-5-9/h1-5H,6-8H2. The zero-order valence-corrected chi connectivity index (χ0v) is 6.79. The second-order valence-corrected chi connectivity index (χ2v) is 3.31. The minimum absolute atomic E-state index is 0.252. The molecule has 0 N–H and O–H groups in total. The summed E-state index contributed by atoms with van der Waals surface area (Å²) in [6.07, 6.45) is 0.480. The summed E-state index contributed by atoms with van der Waals surface area (Å²) in [5, 5.41) is 0. The van der Waals surface area contributed by atoms with Gasteiger partial charge in [-0.05, 0) is 5.56 Å². The van der Waals surface area contributed by atoms with Crippen LogP contribution in [-0.4, -0.2) is 18.9 Å². The van der Waals surface area contributed by atoms with Crippen molar-refractivity contribution in [1.29, 1.82) is 0 Å². The first kappa shape index (κ1) is 7.74. The smallest absolute Gasteiger partial charge is 0.161 e. The quantitative estimate of drug-likeness (QED) is 0.652. The van der Waals surface area contributed by atoms with Crippen molar-refractivity contribution in [2.45, 2.75) is 12.1 Å². The Kier molecular flexibility index (Phi) is 1.85. The van der Waals surface area contributed by atoms with Gasteiger partial charge in [-0.2, -0.15) is 0 Å². The van der Waals surface area contributed by atoms with Gasteiger partial charge in [0.15, 0.2) is 5.67 Å². The lowest BCUT2D eigenvalue weighted by Crippen LogP contribution is -2.47. The normalized spacial score (nSPS) is 20.1. The van der Waals surface area contributed by atoms with E-state index in [4.69, 9.17) is 4.74 Å². The minimum Gasteiger partial charge on any atom is -0.375 e. The summed E-state index contributed by atoms with van der Waals surface area (Å²) in [5.41, 5.74) is -0.0512. The fourth-order valence-electron chi connectivity index (χ4n) is 1.39. The molecule has 2 heteroatoms. The Hall–Kier alpha value is -0.890. The number of ether oxygens (including phenoxy) is 1. The maximum absolute atomic E-state index is 13.5. The Morgan fingerprint density at radius 3 is 2.42 bits per heavy atom. The molecule has 2 rings (SSSR count). The van der Waals surface area contributed by atoms with Gasteiger partial charge in [0, 0.05) is 6.42 Å². The van der Waals surface area contributed by atoms with Gasteiger partial charge in [0.1, 0.15) is 0 Å². The van der Waals surface area contributed by atoms with Crippen molar-refractivity contribution < 1.29 is 9.13 Å². The highest BCUT2D eigenvalue weighted by Gasteiger charge is 2.38. The van der Waals surface area contributed by atoms with E-state index in [0.29, 0.717) is 6.42 Å². The summed E-state index contributed by atoms with van der Waals surface area (Å²) in [4.78, 5) is 0. The molecular formula is C10H11FO. The summed E-state index contributed by atoms with van der Waals surface area (Å²) in [7, 11) is 0. The first-order chi connectivity index (χ1) is 5.79. The van der Waals surface area contributed by atoms with E-state index in [9.17, 15) is 4.39 Å². The number of halogens is 1. The van der Waals surface area contributed by atoms with Crippen LogP contribution < -0.4 is 0 Å². The number of hydrogen-bond acceptors (Lipinski definition) is 1. The molecule has 0 saturated carbocycles. The van der Waals surface area contributed by atoms with E-state index in [1.54, 1.807) is 0 Å². The number of alkyl halides is 1. The van der Waals surface area contributed by atoms with Crippen LogP contribution in [0.2, 0.25) is 0 Å². The topological polar surface area (TPSA) is 9.23 Å². The maximum atomic E-state index is 13.5. The number of benzene rings is 1. The lowest BCUT2D eigenvalue weighted by molar-refractivity contribution is -0.128.